The van der Waals surface area contributed by atoms with E-state index >= 15 is 0 Å². The maximum Gasteiger partial charge on any atom is 0.416 e. The van der Waals surface area contributed by atoms with Crippen LogP contribution in [0, 0.1) is 0 Å². The van der Waals surface area contributed by atoms with Crippen LogP contribution < -0.4 is 10.2 Å². The number of alkyl halides is 3. The first-order chi connectivity index (χ1) is 18.4. The molecule has 0 radical (unpaired) electrons. The first kappa shape index (κ1) is 25.8. The monoisotopic (exact) mass is 521 g/mol. The van der Waals surface area contributed by atoms with Gasteiger partial charge in [-0.1, -0.05) is 24.3 Å². The molecule has 1 aliphatic heterocycles. The Morgan fingerprint density at radius 1 is 0.921 bits per heavy atom. The molecule has 0 atom stereocenters. The fourth-order valence-corrected chi connectivity index (χ4v) is 4.74. The van der Waals surface area contributed by atoms with Crippen molar-refractivity contribution in [1.29, 1.82) is 0 Å². The number of hydrogen-bond acceptors (Lipinski definition) is 4. The minimum atomic E-state index is -4.33. The lowest BCUT2D eigenvalue weighted by molar-refractivity contribution is -0.137. The van der Waals surface area contributed by atoms with Crippen molar-refractivity contribution >= 4 is 17.2 Å². The lowest BCUT2D eigenvalue weighted by Gasteiger charge is -2.36. The second-order valence-electron chi connectivity index (χ2n) is 9.51. The zero-order chi connectivity index (χ0) is 26.5. The number of carbonyl (C=O) groups is 1. The first-order valence-electron chi connectivity index (χ1n) is 12.8. The normalized spacial score (nSPS) is 14.7. The number of piperazine rings is 1. The molecule has 38 heavy (non-hydrogen) atoms. The van der Waals surface area contributed by atoms with Crippen molar-refractivity contribution in [1.82, 2.24) is 19.6 Å². The van der Waals surface area contributed by atoms with Crippen molar-refractivity contribution in [2.45, 2.75) is 19.0 Å². The first-order valence-corrected chi connectivity index (χ1v) is 12.8. The predicted molar refractivity (Wildman–Crippen MR) is 142 cm³/mol. The Labute approximate surface area is 219 Å². The van der Waals surface area contributed by atoms with Gasteiger partial charge in [-0.05, 0) is 61.9 Å². The molecule has 1 fully saturated rings. The van der Waals surface area contributed by atoms with Gasteiger partial charge in [-0.15, -0.1) is 0 Å². The highest BCUT2D eigenvalue weighted by molar-refractivity contribution is 5.94. The molecular formula is C29H30F3N5O. The number of aromatic nitrogens is 2. The van der Waals surface area contributed by atoms with Crippen LogP contribution in [0.25, 0.3) is 16.9 Å². The summed E-state index contributed by atoms with van der Waals surface area (Å²) in [6, 6.07) is 18.9. The summed E-state index contributed by atoms with van der Waals surface area (Å²) in [5.41, 5.74) is 3.32. The van der Waals surface area contributed by atoms with E-state index in [1.54, 1.807) is 6.07 Å². The van der Waals surface area contributed by atoms with E-state index in [4.69, 9.17) is 0 Å². The molecule has 2 aromatic heterocycles. The van der Waals surface area contributed by atoms with Crippen LogP contribution in [0.2, 0.25) is 0 Å². The molecule has 1 N–H and O–H groups in total. The number of hydrogen-bond donors (Lipinski definition) is 1. The summed E-state index contributed by atoms with van der Waals surface area (Å²) in [6.07, 6.45) is 1.40. The molecule has 198 valence electrons. The Balaban J connectivity index is 1.02. The zero-order valence-electron chi connectivity index (χ0n) is 21.0. The number of amides is 1. The summed E-state index contributed by atoms with van der Waals surface area (Å²) in [6.45, 7) is 4.51. The van der Waals surface area contributed by atoms with E-state index in [2.05, 4.69) is 15.2 Å². The second-order valence-corrected chi connectivity index (χ2v) is 9.51. The van der Waals surface area contributed by atoms with Crippen LogP contribution in [0.5, 0.6) is 0 Å². The zero-order valence-corrected chi connectivity index (χ0v) is 21.0. The van der Waals surface area contributed by atoms with E-state index in [1.165, 1.54) is 12.1 Å². The van der Waals surface area contributed by atoms with Crippen molar-refractivity contribution in [3.05, 3.63) is 90.3 Å². The lowest BCUT2D eigenvalue weighted by atomic mass is 10.1. The smallest absolute Gasteiger partial charge is 0.369 e. The van der Waals surface area contributed by atoms with Gasteiger partial charge in [-0.25, -0.2) is 4.98 Å². The molecule has 0 unspecified atom stereocenters. The van der Waals surface area contributed by atoms with Crippen LogP contribution in [-0.2, 0) is 6.18 Å². The topological polar surface area (TPSA) is 52.9 Å². The fourth-order valence-electron chi connectivity index (χ4n) is 4.74. The number of nitrogens with one attached hydrogen (secondary N) is 1. The molecule has 1 saturated heterocycles. The largest absolute Gasteiger partial charge is 0.416 e. The SMILES string of the molecule is O=C(NCCCCN1CCN(c2cccc(C(F)(F)F)c2)CC1)c1ccc(-c2cn3ccccc3n2)cc1. The van der Waals surface area contributed by atoms with Gasteiger partial charge in [-0.3, -0.25) is 9.69 Å². The molecule has 9 heteroatoms. The van der Waals surface area contributed by atoms with Gasteiger partial charge < -0.3 is 14.6 Å². The third-order valence-electron chi connectivity index (χ3n) is 6.90. The van der Waals surface area contributed by atoms with Crippen molar-refractivity contribution in [3.8, 4) is 11.3 Å². The number of imidazole rings is 1. The van der Waals surface area contributed by atoms with E-state index < -0.39 is 11.7 Å². The van der Waals surface area contributed by atoms with Crippen LogP contribution >= 0.6 is 0 Å². The minimum absolute atomic E-state index is 0.0961. The van der Waals surface area contributed by atoms with Gasteiger partial charge in [0.1, 0.15) is 5.65 Å². The number of fused-ring (bicyclic) bond motifs is 1. The van der Waals surface area contributed by atoms with E-state index in [0.29, 0.717) is 30.9 Å². The highest BCUT2D eigenvalue weighted by atomic mass is 19.4. The number of anilines is 1. The predicted octanol–water partition coefficient (Wildman–Crippen LogP) is 5.35. The van der Waals surface area contributed by atoms with Crippen LogP contribution in [0.4, 0.5) is 18.9 Å². The summed E-state index contributed by atoms with van der Waals surface area (Å²) in [5.74, 6) is -0.0961. The van der Waals surface area contributed by atoms with Gasteiger partial charge in [0.2, 0.25) is 0 Å². The second kappa shape index (κ2) is 11.3. The van der Waals surface area contributed by atoms with Crippen LogP contribution in [0.3, 0.4) is 0 Å². The molecule has 1 aliphatic rings. The van der Waals surface area contributed by atoms with Gasteiger partial charge in [0.05, 0.1) is 11.3 Å². The van der Waals surface area contributed by atoms with Gasteiger partial charge in [0.15, 0.2) is 0 Å². The number of rotatable bonds is 8. The lowest BCUT2D eigenvalue weighted by Crippen LogP contribution is -2.46. The maximum atomic E-state index is 13.0. The standard InChI is InChI=1S/C29H30F3N5O/c30-29(31,32)24-6-5-7-25(20-24)36-18-16-35(17-19-36)14-4-2-13-33-28(38)23-11-9-22(10-12-23)26-21-37-15-3-1-8-27(37)34-26/h1,3,5-12,15,20-21H,2,4,13-14,16-19H2,(H,33,38). The average Bonchev–Trinajstić information content (AvgIpc) is 3.37. The summed E-state index contributed by atoms with van der Waals surface area (Å²) in [5, 5.41) is 2.99. The molecule has 4 aromatic rings. The van der Waals surface area contributed by atoms with Gasteiger partial charge in [0.25, 0.3) is 5.91 Å². The Morgan fingerprint density at radius 3 is 2.45 bits per heavy atom. The Bertz CT molecular complexity index is 1340. The number of unbranched alkanes of at least 4 members (excludes halogenated alkanes) is 1. The Hall–Kier alpha value is -3.85. The number of carbonyl (C=O) groups excluding carboxylic acids is 1. The highest BCUT2D eigenvalue weighted by Gasteiger charge is 2.31. The number of nitrogens with zero attached hydrogens (tertiary/aromatic N) is 4. The van der Waals surface area contributed by atoms with Gasteiger partial charge in [-0.2, -0.15) is 13.2 Å². The van der Waals surface area contributed by atoms with Gasteiger partial charge >= 0.3 is 6.18 Å². The Morgan fingerprint density at radius 2 is 1.71 bits per heavy atom. The molecule has 0 saturated carbocycles. The van der Waals surface area contributed by atoms with Gasteiger partial charge in [0, 0.05) is 61.9 Å². The summed E-state index contributed by atoms with van der Waals surface area (Å²) >= 11 is 0. The Kier molecular flexibility index (Phi) is 7.64. The molecule has 5 rings (SSSR count). The van der Waals surface area contributed by atoms with Crippen molar-refractivity contribution in [2.75, 3.05) is 44.2 Å². The van der Waals surface area contributed by atoms with Crippen molar-refractivity contribution in [2.24, 2.45) is 0 Å². The highest BCUT2D eigenvalue weighted by Crippen LogP contribution is 2.32. The van der Waals surface area contributed by atoms with Crippen LogP contribution in [-0.4, -0.2) is 59.5 Å². The molecule has 3 heterocycles. The minimum Gasteiger partial charge on any atom is -0.369 e. The quantitative estimate of drug-likeness (QED) is 0.318. The van der Waals surface area contributed by atoms with Crippen molar-refractivity contribution in [3.63, 3.8) is 0 Å². The summed E-state index contributed by atoms with van der Waals surface area (Å²) in [7, 11) is 0. The number of pyridine rings is 1. The third-order valence-corrected chi connectivity index (χ3v) is 6.90. The van der Waals surface area contributed by atoms with E-state index in [-0.39, 0.29) is 5.91 Å². The molecule has 0 aliphatic carbocycles. The molecule has 0 spiro atoms. The molecular weight excluding hydrogens is 491 g/mol. The van der Waals surface area contributed by atoms with E-state index in [9.17, 15) is 18.0 Å². The fraction of sp³-hybridized carbons (Fsp3) is 0.310. The maximum absolute atomic E-state index is 13.0. The van der Waals surface area contributed by atoms with E-state index in [1.807, 2.05) is 64.2 Å². The number of benzene rings is 2. The van der Waals surface area contributed by atoms with Crippen LogP contribution in [0.15, 0.2) is 79.1 Å². The van der Waals surface area contributed by atoms with Crippen LogP contribution in [0.1, 0.15) is 28.8 Å². The molecule has 2 aromatic carbocycles. The number of halogens is 3. The van der Waals surface area contributed by atoms with E-state index in [0.717, 1.165) is 55.4 Å². The molecule has 0 bridgehead atoms. The summed E-state index contributed by atoms with van der Waals surface area (Å²) < 4.78 is 41.0. The van der Waals surface area contributed by atoms with Crippen molar-refractivity contribution < 1.29 is 18.0 Å². The summed E-state index contributed by atoms with van der Waals surface area (Å²) in [4.78, 5) is 21.5. The molecule has 1 amide bonds. The average molecular weight is 522 g/mol. The molecule has 6 nitrogen and oxygen atoms in total. The third kappa shape index (κ3) is 6.16.